The maximum atomic E-state index is 12.2. The van der Waals surface area contributed by atoms with Crippen LogP contribution in [0.2, 0.25) is 0 Å². The van der Waals surface area contributed by atoms with E-state index >= 15 is 0 Å². The van der Waals surface area contributed by atoms with E-state index in [2.05, 4.69) is 29.5 Å². The van der Waals surface area contributed by atoms with Gasteiger partial charge in [-0.05, 0) is 77.5 Å². The zero-order chi connectivity index (χ0) is 20.7. The Hall–Kier alpha value is -1.56. The SMILES string of the molecule is CCCCCCCCCCCCOc1ccc(C(=O)Oc2ccc(I)cc2)cc1. The van der Waals surface area contributed by atoms with E-state index in [1.807, 2.05) is 24.3 Å². The normalized spacial score (nSPS) is 10.7. The second kappa shape index (κ2) is 14.4. The van der Waals surface area contributed by atoms with Gasteiger partial charge < -0.3 is 9.47 Å². The predicted octanol–water partition coefficient (Wildman–Crippen LogP) is 7.81. The average Bonchev–Trinajstić information content (AvgIpc) is 2.74. The molecule has 2 aromatic carbocycles. The van der Waals surface area contributed by atoms with E-state index in [1.54, 1.807) is 24.3 Å². The van der Waals surface area contributed by atoms with Crippen LogP contribution < -0.4 is 9.47 Å². The minimum Gasteiger partial charge on any atom is -0.494 e. The van der Waals surface area contributed by atoms with Gasteiger partial charge in [-0.3, -0.25) is 0 Å². The van der Waals surface area contributed by atoms with Gasteiger partial charge in [-0.1, -0.05) is 64.7 Å². The van der Waals surface area contributed by atoms with E-state index in [0.29, 0.717) is 11.3 Å². The highest BCUT2D eigenvalue weighted by atomic mass is 127. The summed E-state index contributed by atoms with van der Waals surface area (Å²) >= 11 is 2.22. The fourth-order valence-electron chi connectivity index (χ4n) is 3.14. The molecule has 0 amide bonds. The number of rotatable bonds is 14. The molecular weight excluding hydrogens is 475 g/mol. The number of unbranched alkanes of at least 4 members (excludes halogenated alkanes) is 9. The lowest BCUT2D eigenvalue weighted by molar-refractivity contribution is 0.0734. The number of esters is 1. The Kier molecular flexibility index (Phi) is 11.8. The minimum absolute atomic E-state index is 0.354. The molecular formula is C25H33IO3. The van der Waals surface area contributed by atoms with Crippen molar-refractivity contribution in [1.82, 2.24) is 0 Å². The maximum absolute atomic E-state index is 12.2. The molecule has 0 spiro atoms. The molecule has 0 aliphatic heterocycles. The molecule has 0 saturated carbocycles. The molecule has 2 rings (SSSR count). The summed E-state index contributed by atoms with van der Waals surface area (Å²) in [6.07, 6.45) is 13.2. The van der Waals surface area contributed by atoms with Gasteiger partial charge in [0.15, 0.2) is 0 Å². The molecule has 29 heavy (non-hydrogen) atoms. The summed E-state index contributed by atoms with van der Waals surface area (Å²) in [4.78, 5) is 12.2. The van der Waals surface area contributed by atoms with Gasteiger partial charge in [-0.15, -0.1) is 0 Å². The van der Waals surface area contributed by atoms with Crippen molar-refractivity contribution in [2.75, 3.05) is 6.61 Å². The van der Waals surface area contributed by atoms with Crippen molar-refractivity contribution >= 4 is 28.6 Å². The van der Waals surface area contributed by atoms with Crippen LogP contribution in [-0.2, 0) is 0 Å². The summed E-state index contributed by atoms with van der Waals surface area (Å²) in [5.41, 5.74) is 0.523. The molecule has 0 radical (unpaired) electrons. The number of ether oxygens (including phenoxy) is 2. The third-order valence-corrected chi connectivity index (χ3v) is 5.60. The third-order valence-electron chi connectivity index (χ3n) is 4.88. The number of hydrogen-bond acceptors (Lipinski definition) is 3. The Morgan fingerprint density at radius 1 is 0.724 bits per heavy atom. The molecule has 0 bridgehead atoms. The molecule has 2 aromatic rings. The number of benzene rings is 2. The lowest BCUT2D eigenvalue weighted by Crippen LogP contribution is -2.08. The number of hydrogen-bond donors (Lipinski definition) is 0. The second-order valence-corrected chi connectivity index (χ2v) is 8.64. The molecule has 0 aliphatic rings. The predicted molar refractivity (Wildman–Crippen MR) is 128 cm³/mol. The van der Waals surface area contributed by atoms with Gasteiger partial charge in [0.25, 0.3) is 0 Å². The largest absolute Gasteiger partial charge is 0.494 e. The first kappa shape index (κ1) is 23.7. The Morgan fingerprint density at radius 3 is 1.83 bits per heavy atom. The van der Waals surface area contributed by atoms with Gasteiger partial charge in [-0.25, -0.2) is 4.79 Å². The summed E-state index contributed by atoms with van der Waals surface area (Å²) in [6.45, 7) is 2.99. The van der Waals surface area contributed by atoms with Crippen LogP contribution >= 0.6 is 22.6 Å². The maximum Gasteiger partial charge on any atom is 0.343 e. The third kappa shape index (κ3) is 10.2. The van der Waals surface area contributed by atoms with Crippen molar-refractivity contribution < 1.29 is 14.3 Å². The number of carbonyl (C=O) groups excluding carboxylic acids is 1. The van der Waals surface area contributed by atoms with E-state index in [0.717, 1.165) is 22.3 Å². The summed E-state index contributed by atoms with van der Waals surface area (Å²) < 4.78 is 12.3. The summed E-state index contributed by atoms with van der Waals surface area (Å²) in [7, 11) is 0. The standard InChI is InChI=1S/C25H33IO3/c1-2-3-4-5-6-7-8-9-10-11-20-28-23-16-12-21(13-17-23)25(27)29-24-18-14-22(26)15-19-24/h12-19H,2-11,20H2,1H3. The van der Waals surface area contributed by atoms with Crippen LogP contribution in [0.5, 0.6) is 11.5 Å². The molecule has 0 aliphatic carbocycles. The van der Waals surface area contributed by atoms with E-state index in [1.165, 1.54) is 57.8 Å². The lowest BCUT2D eigenvalue weighted by atomic mass is 10.1. The van der Waals surface area contributed by atoms with Gasteiger partial charge >= 0.3 is 5.97 Å². The highest BCUT2D eigenvalue weighted by molar-refractivity contribution is 14.1. The van der Waals surface area contributed by atoms with E-state index < -0.39 is 0 Å². The number of carbonyl (C=O) groups is 1. The molecule has 0 atom stereocenters. The van der Waals surface area contributed by atoms with Gasteiger partial charge in [0, 0.05) is 3.57 Å². The molecule has 4 heteroatoms. The van der Waals surface area contributed by atoms with Crippen LogP contribution in [-0.4, -0.2) is 12.6 Å². The van der Waals surface area contributed by atoms with Crippen LogP contribution in [0.25, 0.3) is 0 Å². The Balaban J connectivity index is 1.57. The molecule has 3 nitrogen and oxygen atoms in total. The van der Waals surface area contributed by atoms with Gasteiger partial charge in [-0.2, -0.15) is 0 Å². The van der Waals surface area contributed by atoms with Crippen LogP contribution in [0.1, 0.15) is 81.5 Å². The Morgan fingerprint density at radius 2 is 1.24 bits per heavy atom. The zero-order valence-corrected chi connectivity index (χ0v) is 19.7. The first-order valence-electron chi connectivity index (χ1n) is 10.9. The summed E-state index contributed by atoms with van der Waals surface area (Å²) in [5, 5.41) is 0. The molecule has 0 saturated heterocycles. The van der Waals surface area contributed by atoms with Crippen LogP contribution in [0.4, 0.5) is 0 Å². The summed E-state index contributed by atoms with van der Waals surface area (Å²) in [5.74, 6) is 0.996. The second-order valence-electron chi connectivity index (χ2n) is 7.40. The van der Waals surface area contributed by atoms with Crippen LogP contribution in [0, 0.1) is 3.57 Å². The topological polar surface area (TPSA) is 35.5 Å². The van der Waals surface area contributed by atoms with Crippen molar-refractivity contribution in [2.24, 2.45) is 0 Å². The fourth-order valence-corrected chi connectivity index (χ4v) is 3.49. The highest BCUT2D eigenvalue weighted by Crippen LogP contribution is 2.18. The molecule has 0 unspecified atom stereocenters. The van der Waals surface area contributed by atoms with Crippen LogP contribution in [0.15, 0.2) is 48.5 Å². The number of halogens is 1. The minimum atomic E-state index is -0.354. The Labute approximate surface area is 189 Å². The van der Waals surface area contributed by atoms with E-state index in [9.17, 15) is 4.79 Å². The summed E-state index contributed by atoms with van der Waals surface area (Å²) in [6, 6.07) is 14.6. The first-order valence-corrected chi connectivity index (χ1v) is 12.0. The van der Waals surface area contributed by atoms with E-state index in [-0.39, 0.29) is 5.97 Å². The van der Waals surface area contributed by atoms with Crippen molar-refractivity contribution in [3.8, 4) is 11.5 Å². The average molecular weight is 508 g/mol. The van der Waals surface area contributed by atoms with Crippen molar-refractivity contribution in [2.45, 2.75) is 71.1 Å². The van der Waals surface area contributed by atoms with Gasteiger partial charge in [0.05, 0.1) is 12.2 Å². The van der Waals surface area contributed by atoms with Crippen molar-refractivity contribution in [1.29, 1.82) is 0 Å². The molecule has 0 fully saturated rings. The van der Waals surface area contributed by atoms with Crippen molar-refractivity contribution in [3.05, 3.63) is 57.7 Å². The van der Waals surface area contributed by atoms with Gasteiger partial charge in [0.1, 0.15) is 11.5 Å². The molecule has 158 valence electrons. The Bertz CT molecular complexity index is 695. The van der Waals surface area contributed by atoms with Gasteiger partial charge in [0.2, 0.25) is 0 Å². The monoisotopic (exact) mass is 508 g/mol. The molecule has 0 N–H and O–H groups in total. The smallest absolute Gasteiger partial charge is 0.343 e. The van der Waals surface area contributed by atoms with Crippen molar-refractivity contribution in [3.63, 3.8) is 0 Å². The molecule has 0 heterocycles. The van der Waals surface area contributed by atoms with E-state index in [4.69, 9.17) is 9.47 Å². The molecule has 0 aromatic heterocycles. The van der Waals surface area contributed by atoms with Crippen LogP contribution in [0.3, 0.4) is 0 Å². The first-order chi connectivity index (χ1) is 14.2. The fraction of sp³-hybridized carbons (Fsp3) is 0.480. The lowest BCUT2D eigenvalue weighted by Gasteiger charge is -2.08. The quantitative estimate of drug-likeness (QED) is 0.113. The zero-order valence-electron chi connectivity index (χ0n) is 17.5. The highest BCUT2D eigenvalue weighted by Gasteiger charge is 2.08.